The van der Waals surface area contributed by atoms with Gasteiger partial charge in [-0.25, -0.2) is 0 Å². The van der Waals surface area contributed by atoms with Crippen LogP contribution in [0, 0.1) is 3.57 Å². The molecule has 2 unspecified atom stereocenters. The van der Waals surface area contributed by atoms with Crippen LogP contribution in [0.5, 0.6) is 0 Å². The Morgan fingerprint density at radius 2 is 1.82 bits per heavy atom. The normalized spacial score (nSPS) is 22.6. The Morgan fingerprint density at radius 1 is 1.07 bits per heavy atom. The molecule has 1 aliphatic carbocycles. The second kappa shape index (κ2) is 8.39. The van der Waals surface area contributed by atoms with Gasteiger partial charge in [0.05, 0.1) is 17.5 Å². The Labute approximate surface area is 179 Å². The van der Waals surface area contributed by atoms with Crippen LogP contribution in [0.25, 0.3) is 0 Å². The first-order valence-corrected chi connectivity index (χ1v) is 10.9. The minimum absolute atomic E-state index is 0.0512. The monoisotopic (exact) mass is 491 g/mol. The van der Waals surface area contributed by atoms with Gasteiger partial charge in [0, 0.05) is 49.1 Å². The first-order chi connectivity index (χ1) is 13.5. The van der Waals surface area contributed by atoms with Crippen molar-refractivity contribution in [2.45, 2.75) is 31.9 Å². The molecule has 1 aliphatic heterocycles. The van der Waals surface area contributed by atoms with Gasteiger partial charge >= 0.3 is 0 Å². The fourth-order valence-corrected chi connectivity index (χ4v) is 5.22. The highest BCUT2D eigenvalue weighted by Crippen LogP contribution is 2.31. The summed E-state index contributed by atoms with van der Waals surface area (Å²) in [5.74, 6) is -0.0512. The smallest absolute Gasteiger partial charge is 0.221 e. The number of para-hydroxylation sites is 2. The number of nitrogens with zero attached hydrogens (tertiary/aromatic N) is 2. The average molecular weight is 491 g/mol. The van der Waals surface area contributed by atoms with Crippen LogP contribution in [-0.4, -0.2) is 54.2 Å². The predicted octanol–water partition coefficient (Wildman–Crippen LogP) is 2.90. The highest BCUT2D eigenvalue weighted by Gasteiger charge is 2.34. The summed E-state index contributed by atoms with van der Waals surface area (Å²) in [6.45, 7) is 5.14. The fourth-order valence-electron chi connectivity index (χ4n) is 4.44. The highest BCUT2D eigenvalue weighted by molar-refractivity contribution is 14.1. The molecule has 2 atom stereocenters. The summed E-state index contributed by atoms with van der Waals surface area (Å²) in [7, 11) is 0. The second-order valence-electron chi connectivity index (χ2n) is 7.64. The molecule has 2 aromatic carbocycles. The van der Waals surface area contributed by atoms with Crippen molar-refractivity contribution in [1.82, 2.24) is 4.90 Å². The van der Waals surface area contributed by atoms with Gasteiger partial charge < -0.3 is 15.3 Å². The Bertz CT molecular complexity index is 865. The molecule has 4 rings (SSSR count). The van der Waals surface area contributed by atoms with Crippen LogP contribution in [-0.2, 0) is 17.6 Å². The van der Waals surface area contributed by atoms with E-state index in [4.69, 9.17) is 0 Å². The number of hydrogen-bond donors (Lipinski definition) is 2. The Balaban J connectivity index is 1.44. The lowest BCUT2D eigenvalue weighted by Gasteiger charge is -2.44. The minimum atomic E-state index is -0.318. The van der Waals surface area contributed by atoms with Gasteiger partial charge in [-0.2, -0.15) is 0 Å². The van der Waals surface area contributed by atoms with Crippen molar-refractivity contribution in [2.75, 3.05) is 36.4 Å². The van der Waals surface area contributed by atoms with Crippen molar-refractivity contribution in [3.8, 4) is 0 Å². The third kappa shape index (κ3) is 4.04. The van der Waals surface area contributed by atoms with Crippen LogP contribution >= 0.6 is 22.6 Å². The van der Waals surface area contributed by atoms with Crippen molar-refractivity contribution >= 4 is 39.9 Å². The fraction of sp³-hybridized carbons (Fsp3) is 0.409. The quantitative estimate of drug-likeness (QED) is 0.649. The van der Waals surface area contributed by atoms with E-state index in [1.54, 1.807) is 0 Å². The standard InChI is InChI=1S/C22H26IN3O2/c1-15(27)24-19-7-2-3-8-20(19)25-9-11-26(12-10-25)21-13-16-5-4-6-18(23)17(16)14-22(21)28/h2-8,21-22,28H,9-14H2,1H3,(H,24,27). The molecule has 0 radical (unpaired) electrons. The number of benzene rings is 2. The summed E-state index contributed by atoms with van der Waals surface area (Å²) in [6, 6.07) is 14.6. The lowest BCUT2D eigenvalue weighted by molar-refractivity contribution is -0.114. The third-order valence-corrected chi connectivity index (χ3v) is 6.85. The van der Waals surface area contributed by atoms with Gasteiger partial charge in [0.15, 0.2) is 0 Å². The minimum Gasteiger partial charge on any atom is -0.391 e. The molecular weight excluding hydrogens is 465 g/mol. The van der Waals surface area contributed by atoms with Gasteiger partial charge in [0.25, 0.3) is 0 Å². The summed E-state index contributed by atoms with van der Waals surface area (Å²) < 4.78 is 1.26. The lowest BCUT2D eigenvalue weighted by Crippen LogP contribution is -2.56. The number of hydrogen-bond acceptors (Lipinski definition) is 4. The molecule has 28 heavy (non-hydrogen) atoms. The van der Waals surface area contributed by atoms with Crippen LogP contribution in [0.4, 0.5) is 11.4 Å². The maximum Gasteiger partial charge on any atom is 0.221 e. The number of aliphatic hydroxyl groups is 1. The highest BCUT2D eigenvalue weighted by atomic mass is 127. The van der Waals surface area contributed by atoms with E-state index in [9.17, 15) is 9.90 Å². The summed E-state index contributed by atoms with van der Waals surface area (Å²) in [5, 5.41) is 13.7. The maximum atomic E-state index is 11.5. The van der Waals surface area contributed by atoms with Crippen LogP contribution in [0.3, 0.4) is 0 Å². The van der Waals surface area contributed by atoms with Crippen molar-refractivity contribution in [3.05, 3.63) is 57.2 Å². The summed E-state index contributed by atoms with van der Waals surface area (Å²) in [4.78, 5) is 16.3. The third-order valence-electron chi connectivity index (χ3n) is 5.84. The largest absolute Gasteiger partial charge is 0.391 e. The number of aliphatic hydroxyl groups excluding tert-OH is 1. The van der Waals surface area contributed by atoms with Crippen LogP contribution < -0.4 is 10.2 Å². The van der Waals surface area contributed by atoms with E-state index in [2.05, 4.69) is 62.0 Å². The van der Waals surface area contributed by atoms with Crippen LogP contribution in [0.2, 0.25) is 0 Å². The zero-order chi connectivity index (χ0) is 19.7. The predicted molar refractivity (Wildman–Crippen MR) is 121 cm³/mol. The van der Waals surface area contributed by atoms with Crippen LogP contribution in [0.15, 0.2) is 42.5 Å². The Morgan fingerprint density at radius 3 is 2.57 bits per heavy atom. The van der Waals surface area contributed by atoms with E-state index in [0.29, 0.717) is 0 Å². The molecule has 5 nitrogen and oxygen atoms in total. The van der Waals surface area contributed by atoms with Gasteiger partial charge in [-0.15, -0.1) is 0 Å². The molecule has 0 aromatic heterocycles. The van der Waals surface area contributed by atoms with Crippen molar-refractivity contribution < 1.29 is 9.90 Å². The molecule has 0 saturated carbocycles. The van der Waals surface area contributed by atoms with E-state index < -0.39 is 0 Å². The number of fused-ring (bicyclic) bond motifs is 1. The van der Waals surface area contributed by atoms with Crippen molar-refractivity contribution in [1.29, 1.82) is 0 Å². The second-order valence-corrected chi connectivity index (χ2v) is 8.80. The SMILES string of the molecule is CC(=O)Nc1ccccc1N1CCN(C2Cc3cccc(I)c3CC2O)CC1. The number of anilines is 2. The number of amides is 1. The molecule has 0 bridgehead atoms. The molecule has 1 heterocycles. The molecule has 148 valence electrons. The summed E-state index contributed by atoms with van der Waals surface area (Å²) >= 11 is 2.37. The number of piperazine rings is 1. The molecule has 1 amide bonds. The van der Waals surface area contributed by atoms with E-state index >= 15 is 0 Å². The molecule has 2 aromatic rings. The molecule has 0 spiro atoms. The average Bonchev–Trinajstić information content (AvgIpc) is 2.69. The maximum absolute atomic E-state index is 11.5. The van der Waals surface area contributed by atoms with E-state index in [1.165, 1.54) is 21.6 Å². The zero-order valence-corrected chi connectivity index (χ0v) is 18.2. The first kappa shape index (κ1) is 19.7. The number of carbonyl (C=O) groups is 1. The lowest BCUT2D eigenvalue weighted by atomic mass is 9.85. The first-order valence-electron chi connectivity index (χ1n) is 9.83. The van der Waals surface area contributed by atoms with Gasteiger partial charge in [0.2, 0.25) is 5.91 Å². The molecule has 6 heteroatoms. The molecular formula is C22H26IN3O2. The Hall–Kier alpha value is -1.64. The molecule has 1 saturated heterocycles. The van der Waals surface area contributed by atoms with Gasteiger partial charge in [-0.05, 0) is 58.3 Å². The van der Waals surface area contributed by atoms with Gasteiger partial charge in [-0.1, -0.05) is 24.3 Å². The molecule has 2 aliphatic rings. The van der Waals surface area contributed by atoms with Crippen molar-refractivity contribution in [3.63, 3.8) is 0 Å². The van der Waals surface area contributed by atoms with Crippen LogP contribution in [0.1, 0.15) is 18.1 Å². The van der Waals surface area contributed by atoms with E-state index in [0.717, 1.165) is 50.4 Å². The van der Waals surface area contributed by atoms with E-state index in [-0.39, 0.29) is 18.1 Å². The number of halogens is 1. The topological polar surface area (TPSA) is 55.8 Å². The summed E-state index contributed by atoms with van der Waals surface area (Å²) in [5.41, 5.74) is 4.63. The molecule has 2 N–H and O–H groups in total. The Kier molecular flexibility index (Phi) is 5.89. The number of rotatable bonds is 3. The van der Waals surface area contributed by atoms with Gasteiger partial charge in [0.1, 0.15) is 0 Å². The van der Waals surface area contributed by atoms with Crippen molar-refractivity contribution in [2.24, 2.45) is 0 Å². The summed E-state index contributed by atoms with van der Waals surface area (Å²) in [6.07, 6.45) is 1.34. The number of nitrogens with one attached hydrogen (secondary N) is 1. The zero-order valence-electron chi connectivity index (χ0n) is 16.1. The van der Waals surface area contributed by atoms with Gasteiger partial charge in [-0.3, -0.25) is 9.69 Å². The molecule has 1 fully saturated rings. The van der Waals surface area contributed by atoms with E-state index in [1.807, 2.05) is 18.2 Å². The number of carbonyl (C=O) groups excluding carboxylic acids is 1.